The van der Waals surface area contributed by atoms with E-state index in [1.54, 1.807) is 0 Å². The van der Waals surface area contributed by atoms with Crippen LogP contribution in [0.2, 0.25) is 0 Å². The molecule has 111 valence electrons. The molecule has 1 nitrogen and oxygen atoms in total. The average molecular weight is 411 g/mol. The van der Waals surface area contributed by atoms with Crippen molar-refractivity contribution in [3.8, 4) is 0 Å². The molecule has 2 aromatic carbocycles. The molecule has 2 aromatic rings. The largest absolute Gasteiger partial charge is 0.214 e. The number of likely N-dealkylation sites (N-methyl/N-ethyl adjacent to an activating group) is 1. The first kappa shape index (κ1) is 20.2. The molecule has 0 N–H and O–H groups in total. The molecular formula is C15H19Cl3NZr-2. The number of nitrogens with zero attached hydrogens (tertiary/aromatic N) is 1. The third-order valence-corrected chi connectivity index (χ3v) is 2.05. The summed E-state index contributed by atoms with van der Waals surface area (Å²) >= 11 is -2.13. The molecule has 0 spiro atoms. The number of halogens is 3. The van der Waals surface area contributed by atoms with Gasteiger partial charge < -0.3 is 4.90 Å². The Labute approximate surface area is 141 Å². The summed E-state index contributed by atoms with van der Waals surface area (Å²) in [7, 11) is 19.1. The Bertz CT molecular complexity index is 371. The molecule has 0 aromatic heterocycles. The van der Waals surface area contributed by atoms with E-state index in [0.29, 0.717) is 0 Å². The van der Waals surface area contributed by atoms with Crippen LogP contribution in [0.5, 0.6) is 0 Å². The first-order chi connectivity index (χ1) is 9.52. The van der Waals surface area contributed by atoms with Gasteiger partial charge >= 0.3 is 43.7 Å². The summed E-state index contributed by atoms with van der Waals surface area (Å²) in [5.41, 5.74) is 1.29. The van der Waals surface area contributed by atoms with Crippen LogP contribution in [0.15, 0.2) is 60.7 Å². The number of hydrogen-bond donors (Lipinski definition) is 0. The molecule has 5 heteroatoms. The summed E-state index contributed by atoms with van der Waals surface area (Å²) in [4.78, 5) is 2.15. The molecule has 0 saturated carbocycles. The van der Waals surface area contributed by atoms with E-state index in [1.807, 2.05) is 36.4 Å². The predicted molar refractivity (Wildman–Crippen MR) is 88.0 cm³/mol. The maximum absolute atomic E-state index is 5.00. The van der Waals surface area contributed by atoms with Gasteiger partial charge in [0.15, 0.2) is 0 Å². The molecule has 0 aliphatic rings. The van der Waals surface area contributed by atoms with E-state index in [9.17, 15) is 0 Å². The van der Waals surface area contributed by atoms with Crippen molar-refractivity contribution in [1.29, 1.82) is 0 Å². The summed E-state index contributed by atoms with van der Waals surface area (Å²) in [6.45, 7) is 1.00. The Morgan fingerprint density at radius 1 is 1.00 bits per heavy atom. The van der Waals surface area contributed by atoms with E-state index in [1.165, 1.54) is 5.56 Å². The molecule has 2 rings (SSSR count). The van der Waals surface area contributed by atoms with E-state index in [-0.39, 0.29) is 0 Å². The van der Waals surface area contributed by atoms with Crippen LogP contribution in [-0.2, 0) is 18.2 Å². The van der Waals surface area contributed by atoms with Crippen LogP contribution in [0.25, 0.3) is 0 Å². The maximum atomic E-state index is 5.00. The minimum Gasteiger partial charge on any atom is -0.214 e. The first-order valence-corrected chi connectivity index (χ1v) is 15.5. The third-order valence-electron chi connectivity index (χ3n) is 2.05. The third kappa shape index (κ3) is 16.2. The van der Waals surface area contributed by atoms with Gasteiger partial charge in [-0.15, -0.1) is 12.1 Å². The van der Waals surface area contributed by atoms with Gasteiger partial charge in [0, 0.05) is 0 Å². The Balaban J connectivity index is 0.000000331. The van der Waals surface area contributed by atoms with Crippen molar-refractivity contribution >= 4 is 25.5 Å². The first-order valence-electron chi connectivity index (χ1n) is 6.05. The predicted octanol–water partition coefficient (Wildman–Crippen LogP) is 5.27. The molecule has 0 heterocycles. The van der Waals surface area contributed by atoms with Gasteiger partial charge in [0.2, 0.25) is 0 Å². The zero-order chi connectivity index (χ0) is 15.2. The fourth-order valence-electron chi connectivity index (χ4n) is 1.20. The Morgan fingerprint density at radius 3 is 1.85 bits per heavy atom. The molecule has 0 unspecified atom stereocenters. The molecule has 0 amide bonds. The number of hydrogen-bond acceptors (Lipinski definition) is 1. The fourth-order valence-corrected chi connectivity index (χ4v) is 1.20. The second kappa shape index (κ2) is 14.1. The standard InChI is InChI=1S/C10H14N.C5H5.3ClH.Zr/c1-11(2)9-8-10-6-4-3-5-7-10;1-2-4-5-3-1;;;;/h3-8H,9H2,1-2H3;1-5H;3*1H;/q2*-1;;;;+3/p-3. The Morgan fingerprint density at radius 2 is 1.50 bits per heavy atom. The van der Waals surface area contributed by atoms with E-state index < -0.39 is 18.2 Å². The van der Waals surface area contributed by atoms with Crippen LogP contribution < -0.4 is 0 Å². The summed E-state index contributed by atoms with van der Waals surface area (Å²) in [6, 6.07) is 20.4. The molecule has 0 aliphatic carbocycles. The molecule has 0 atom stereocenters. The Hall–Kier alpha value is 0.153. The maximum Gasteiger partial charge on any atom is -0.172 e. The van der Waals surface area contributed by atoms with E-state index >= 15 is 0 Å². The van der Waals surface area contributed by atoms with Crippen LogP contribution in [0, 0.1) is 6.42 Å². The van der Waals surface area contributed by atoms with Crippen LogP contribution in [-0.4, -0.2) is 25.5 Å². The quantitative estimate of drug-likeness (QED) is 0.623. The molecule has 20 heavy (non-hydrogen) atoms. The van der Waals surface area contributed by atoms with Gasteiger partial charge in [-0.3, -0.25) is 0 Å². The van der Waals surface area contributed by atoms with Crippen LogP contribution in [0.4, 0.5) is 0 Å². The van der Waals surface area contributed by atoms with E-state index in [4.69, 9.17) is 25.5 Å². The van der Waals surface area contributed by atoms with Gasteiger partial charge in [-0.1, -0.05) is 6.07 Å². The molecular weight excluding hydrogens is 392 g/mol. The van der Waals surface area contributed by atoms with E-state index in [2.05, 4.69) is 49.7 Å². The molecule has 0 bridgehead atoms. The topological polar surface area (TPSA) is 3.24 Å². The molecule has 0 radical (unpaired) electrons. The van der Waals surface area contributed by atoms with E-state index in [0.717, 1.165) is 6.54 Å². The van der Waals surface area contributed by atoms with Crippen molar-refractivity contribution in [2.75, 3.05) is 20.6 Å². The molecule has 0 aliphatic heterocycles. The Kier molecular flexibility index (Phi) is 14.2. The van der Waals surface area contributed by atoms with Gasteiger partial charge in [0.1, 0.15) is 0 Å². The van der Waals surface area contributed by atoms with Crippen molar-refractivity contribution in [3.63, 3.8) is 0 Å². The van der Waals surface area contributed by atoms with Crippen LogP contribution in [0.3, 0.4) is 0 Å². The smallest absolute Gasteiger partial charge is 0.172 e. The van der Waals surface area contributed by atoms with Crippen molar-refractivity contribution in [2.24, 2.45) is 0 Å². The van der Waals surface area contributed by atoms with Crippen molar-refractivity contribution in [3.05, 3.63) is 72.6 Å². The zero-order valence-corrected chi connectivity index (χ0v) is 16.4. The van der Waals surface area contributed by atoms with Gasteiger partial charge in [0.25, 0.3) is 0 Å². The summed E-state index contributed by atoms with van der Waals surface area (Å²) in [6.07, 6.45) is 2.21. The van der Waals surface area contributed by atoms with Crippen molar-refractivity contribution in [2.45, 2.75) is 0 Å². The minimum atomic E-state index is -2.13. The zero-order valence-electron chi connectivity index (χ0n) is 11.6. The normalized spacial score (nSPS) is 8.90. The van der Waals surface area contributed by atoms with Gasteiger partial charge in [0.05, 0.1) is 0 Å². The summed E-state index contributed by atoms with van der Waals surface area (Å²) in [5, 5.41) is 0. The summed E-state index contributed by atoms with van der Waals surface area (Å²) in [5.74, 6) is 0. The van der Waals surface area contributed by atoms with Gasteiger partial charge in [-0.2, -0.15) is 42.3 Å². The molecule has 0 fully saturated rings. The second-order valence-corrected chi connectivity index (χ2v) is 15.2. The van der Waals surface area contributed by atoms with Crippen molar-refractivity contribution in [1.82, 2.24) is 4.90 Å². The van der Waals surface area contributed by atoms with Crippen molar-refractivity contribution < 1.29 is 18.2 Å². The summed E-state index contributed by atoms with van der Waals surface area (Å²) < 4.78 is 0. The van der Waals surface area contributed by atoms with Crippen LogP contribution >= 0.6 is 25.5 Å². The monoisotopic (exact) mass is 408 g/mol. The second-order valence-electron chi connectivity index (χ2n) is 4.05. The molecule has 0 saturated heterocycles. The van der Waals surface area contributed by atoms with Gasteiger partial charge in [-0.25, -0.2) is 12.1 Å². The SMILES string of the molecule is CN(C)C[CH-]c1ccccc1.[Cl][Zr]([Cl])[Cl].c1cc[cH-]c1. The number of benzene rings is 1. The average Bonchev–Trinajstić information content (AvgIpc) is 2.96. The van der Waals surface area contributed by atoms with Gasteiger partial charge in [-0.05, 0) is 20.6 Å². The minimum absolute atomic E-state index is 1.00. The fraction of sp³-hybridized carbons (Fsp3) is 0.200. The number of rotatable bonds is 3. The van der Waals surface area contributed by atoms with Crippen LogP contribution in [0.1, 0.15) is 5.56 Å².